The van der Waals surface area contributed by atoms with E-state index in [1.807, 2.05) is 0 Å². The quantitative estimate of drug-likeness (QED) is 0.690. The molecule has 21 heavy (non-hydrogen) atoms. The fourth-order valence-electron chi connectivity index (χ4n) is 2.60. The van der Waals surface area contributed by atoms with Crippen molar-refractivity contribution in [3.8, 4) is 0 Å². The van der Waals surface area contributed by atoms with E-state index < -0.39 is 17.4 Å². The number of nitrogens with zero attached hydrogens (tertiary/aromatic N) is 2. The Morgan fingerprint density at radius 1 is 0.857 bits per heavy atom. The molecule has 0 aromatic heterocycles. The van der Waals surface area contributed by atoms with Gasteiger partial charge in [-0.05, 0) is 19.4 Å². The second-order valence-corrected chi connectivity index (χ2v) is 5.21. The summed E-state index contributed by atoms with van der Waals surface area (Å²) < 4.78 is 0. The van der Waals surface area contributed by atoms with Crippen molar-refractivity contribution >= 4 is 23.6 Å². The number of hydrogen-bond donors (Lipinski definition) is 0. The van der Waals surface area contributed by atoms with Gasteiger partial charge in [-0.1, -0.05) is 12.2 Å². The van der Waals surface area contributed by atoms with Gasteiger partial charge in [-0.25, -0.2) is 4.90 Å². The molecule has 0 N–H and O–H groups in total. The Morgan fingerprint density at radius 2 is 1.38 bits per heavy atom. The zero-order valence-corrected chi connectivity index (χ0v) is 11.3. The van der Waals surface area contributed by atoms with Crippen LogP contribution in [0.2, 0.25) is 0 Å². The Bertz CT molecular complexity index is 662. The number of carbonyl (C=O) groups is 4. The minimum absolute atomic E-state index is 0.342. The van der Waals surface area contributed by atoms with E-state index in [1.165, 1.54) is 29.2 Å². The van der Waals surface area contributed by atoms with Crippen LogP contribution in [0.4, 0.5) is 0 Å². The molecule has 4 amide bonds. The zero-order chi connectivity index (χ0) is 15.2. The van der Waals surface area contributed by atoms with Gasteiger partial charge in [0, 0.05) is 30.0 Å². The number of allylic oxidation sites excluding steroid dienone is 1. The summed E-state index contributed by atoms with van der Waals surface area (Å²) in [6.45, 7) is 1.76. The lowest BCUT2D eigenvalue weighted by Gasteiger charge is -2.36. The SMILES string of the molecule is CC1(N2C(=O)C=CC2=O)C=CC(N2C(=O)C=CC2=O)=CC1. The number of imide groups is 2. The molecule has 1 unspecified atom stereocenters. The van der Waals surface area contributed by atoms with E-state index >= 15 is 0 Å². The molecule has 0 saturated heterocycles. The van der Waals surface area contributed by atoms with Crippen LogP contribution in [0.15, 0.2) is 48.2 Å². The van der Waals surface area contributed by atoms with Crippen molar-refractivity contribution in [2.24, 2.45) is 0 Å². The molecule has 0 aromatic carbocycles. The van der Waals surface area contributed by atoms with Crippen molar-refractivity contribution in [2.45, 2.75) is 18.9 Å². The minimum atomic E-state index is -0.791. The summed E-state index contributed by atoms with van der Waals surface area (Å²) in [4.78, 5) is 49.0. The third-order valence-corrected chi connectivity index (χ3v) is 3.73. The standard InChI is InChI=1S/C15H12N2O4/c1-15(17-13(20)4-5-14(17)21)8-6-10(7-9-15)16-11(18)2-3-12(16)19/h2-8H,9H2,1H3. The molecule has 6 heteroatoms. The average molecular weight is 284 g/mol. The van der Waals surface area contributed by atoms with Crippen LogP contribution < -0.4 is 0 Å². The first kappa shape index (κ1) is 13.2. The Morgan fingerprint density at radius 3 is 1.86 bits per heavy atom. The molecule has 2 aliphatic heterocycles. The maximum Gasteiger partial charge on any atom is 0.258 e. The highest BCUT2D eigenvalue weighted by Crippen LogP contribution is 2.31. The molecule has 1 atom stereocenters. The first-order chi connectivity index (χ1) is 9.92. The van der Waals surface area contributed by atoms with E-state index in [-0.39, 0.29) is 11.8 Å². The van der Waals surface area contributed by atoms with Gasteiger partial charge in [-0.15, -0.1) is 0 Å². The molecule has 2 heterocycles. The van der Waals surface area contributed by atoms with Crippen LogP contribution in [0.5, 0.6) is 0 Å². The van der Waals surface area contributed by atoms with Gasteiger partial charge in [-0.3, -0.25) is 24.1 Å². The number of carbonyl (C=O) groups excluding carboxylic acids is 4. The Balaban J connectivity index is 1.83. The van der Waals surface area contributed by atoms with Crippen LogP contribution in [0.1, 0.15) is 13.3 Å². The topological polar surface area (TPSA) is 74.8 Å². The number of amides is 4. The highest BCUT2D eigenvalue weighted by atomic mass is 16.2. The fraction of sp³-hybridized carbons (Fsp3) is 0.200. The lowest BCUT2D eigenvalue weighted by atomic mass is 9.90. The summed E-state index contributed by atoms with van der Waals surface area (Å²) in [6, 6.07) is 0. The average Bonchev–Trinajstić information content (AvgIpc) is 2.95. The predicted octanol–water partition coefficient (Wildman–Crippen LogP) is 0.439. The summed E-state index contributed by atoms with van der Waals surface area (Å²) in [5.41, 5.74) is -0.333. The van der Waals surface area contributed by atoms with Gasteiger partial charge in [0.1, 0.15) is 0 Å². The second kappa shape index (κ2) is 4.37. The normalized spacial score (nSPS) is 28.1. The molecule has 0 saturated carbocycles. The van der Waals surface area contributed by atoms with Crippen LogP contribution in [0.3, 0.4) is 0 Å². The Hall–Kier alpha value is -2.76. The van der Waals surface area contributed by atoms with Gasteiger partial charge in [0.05, 0.1) is 5.54 Å². The lowest BCUT2D eigenvalue weighted by molar-refractivity contribution is -0.142. The molecule has 3 aliphatic rings. The van der Waals surface area contributed by atoms with Crippen molar-refractivity contribution in [1.82, 2.24) is 9.80 Å². The van der Waals surface area contributed by atoms with Crippen LogP contribution in [0.25, 0.3) is 0 Å². The first-order valence-corrected chi connectivity index (χ1v) is 6.44. The van der Waals surface area contributed by atoms with E-state index in [0.29, 0.717) is 12.1 Å². The molecule has 6 nitrogen and oxygen atoms in total. The summed E-state index contributed by atoms with van der Waals surface area (Å²) in [7, 11) is 0. The fourth-order valence-corrected chi connectivity index (χ4v) is 2.60. The summed E-state index contributed by atoms with van der Waals surface area (Å²) in [6.07, 6.45) is 10.2. The third-order valence-electron chi connectivity index (χ3n) is 3.73. The molecule has 3 rings (SSSR count). The van der Waals surface area contributed by atoms with Gasteiger partial charge < -0.3 is 0 Å². The zero-order valence-electron chi connectivity index (χ0n) is 11.3. The smallest absolute Gasteiger partial charge is 0.258 e. The first-order valence-electron chi connectivity index (χ1n) is 6.44. The van der Waals surface area contributed by atoms with Gasteiger partial charge in [-0.2, -0.15) is 0 Å². The van der Waals surface area contributed by atoms with E-state index in [2.05, 4.69) is 0 Å². The minimum Gasteiger partial charge on any atom is -0.269 e. The van der Waals surface area contributed by atoms with Gasteiger partial charge in [0.15, 0.2) is 0 Å². The van der Waals surface area contributed by atoms with E-state index in [0.717, 1.165) is 4.90 Å². The molecule has 0 spiro atoms. The Labute approximate surface area is 120 Å². The maximum absolute atomic E-state index is 11.8. The van der Waals surface area contributed by atoms with E-state index in [9.17, 15) is 19.2 Å². The van der Waals surface area contributed by atoms with Crippen LogP contribution in [-0.2, 0) is 19.2 Å². The van der Waals surface area contributed by atoms with Crippen LogP contribution in [0, 0.1) is 0 Å². The van der Waals surface area contributed by atoms with Crippen molar-refractivity contribution in [3.63, 3.8) is 0 Å². The predicted molar refractivity (Wildman–Crippen MR) is 72.2 cm³/mol. The molecule has 0 aromatic rings. The molecular weight excluding hydrogens is 272 g/mol. The van der Waals surface area contributed by atoms with Gasteiger partial charge >= 0.3 is 0 Å². The molecule has 0 fully saturated rings. The molecular formula is C15H12N2O4. The maximum atomic E-state index is 11.8. The number of hydrogen-bond acceptors (Lipinski definition) is 4. The van der Waals surface area contributed by atoms with Crippen LogP contribution >= 0.6 is 0 Å². The highest BCUT2D eigenvalue weighted by molar-refractivity contribution is 6.15. The van der Waals surface area contributed by atoms with Crippen molar-refractivity contribution in [1.29, 1.82) is 0 Å². The van der Waals surface area contributed by atoms with Crippen LogP contribution in [-0.4, -0.2) is 39.0 Å². The summed E-state index contributed by atoms with van der Waals surface area (Å²) >= 11 is 0. The summed E-state index contributed by atoms with van der Waals surface area (Å²) in [5.74, 6) is -1.51. The third kappa shape index (κ3) is 1.96. The van der Waals surface area contributed by atoms with Crippen molar-refractivity contribution in [2.75, 3.05) is 0 Å². The Kier molecular flexibility index (Phi) is 2.76. The number of rotatable bonds is 2. The highest BCUT2D eigenvalue weighted by Gasteiger charge is 2.40. The van der Waals surface area contributed by atoms with Gasteiger partial charge in [0.2, 0.25) is 0 Å². The largest absolute Gasteiger partial charge is 0.269 e. The second-order valence-electron chi connectivity index (χ2n) is 5.21. The monoisotopic (exact) mass is 284 g/mol. The van der Waals surface area contributed by atoms with E-state index in [1.54, 1.807) is 25.2 Å². The molecule has 1 aliphatic carbocycles. The molecule has 0 radical (unpaired) electrons. The van der Waals surface area contributed by atoms with Crippen molar-refractivity contribution in [3.05, 3.63) is 48.2 Å². The molecule has 0 bridgehead atoms. The lowest BCUT2D eigenvalue weighted by Crippen LogP contribution is -2.49. The van der Waals surface area contributed by atoms with Gasteiger partial charge in [0.25, 0.3) is 23.6 Å². The van der Waals surface area contributed by atoms with E-state index in [4.69, 9.17) is 0 Å². The molecule has 106 valence electrons. The summed E-state index contributed by atoms with van der Waals surface area (Å²) in [5, 5.41) is 0. The van der Waals surface area contributed by atoms with Crippen molar-refractivity contribution < 1.29 is 19.2 Å².